The van der Waals surface area contributed by atoms with Gasteiger partial charge in [-0.25, -0.2) is 8.96 Å². The quantitative estimate of drug-likeness (QED) is 0.860. The normalized spacial score (nSPS) is 13.1. The lowest BCUT2D eigenvalue weighted by Crippen LogP contribution is -2.40. The van der Waals surface area contributed by atoms with Crippen molar-refractivity contribution in [3.8, 4) is 0 Å². The highest BCUT2D eigenvalue weighted by molar-refractivity contribution is 7.88. The Morgan fingerprint density at radius 1 is 1.26 bits per heavy atom. The first-order valence-electron chi connectivity index (χ1n) is 5.18. The number of rotatable bonds is 2. The smallest absolute Gasteiger partial charge is 0.232 e. The van der Waals surface area contributed by atoms with Crippen LogP contribution >= 0.6 is 0 Å². The number of hydrogen-bond acceptors (Lipinski definition) is 3. The maximum Gasteiger partial charge on any atom is 0.472 e. The van der Waals surface area contributed by atoms with Crippen molar-refractivity contribution in [1.82, 2.24) is 13.7 Å². The Balaban J connectivity index is 2.70. The molecule has 0 saturated heterocycles. The Morgan fingerprint density at radius 3 is 2.47 bits per heavy atom. The van der Waals surface area contributed by atoms with Gasteiger partial charge in [0.1, 0.15) is 5.82 Å². The number of nitrogens with one attached hydrogen (secondary N) is 1. The second-order valence-electron chi connectivity index (χ2n) is 3.97. The number of fused-ring (bicyclic) bond motifs is 1. The number of nitrogens with zero attached hydrogens (tertiary/aromatic N) is 2. The molecule has 0 atom stereocenters. The third-order valence-electron chi connectivity index (χ3n) is 2.49. The topological polar surface area (TPSA) is 64.0 Å². The zero-order chi connectivity index (χ0) is 14.4. The molecule has 0 fully saturated rings. The molecule has 2 aromatic rings. The van der Waals surface area contributed by atoms with Crippen molar-refractivity contribution in [2.45, 2.75) is 20.1 Å². The molecule has 0 spiro atoms. The van der Waals surface area contributed by atoms with Crippen molar-refractivity contribution in [1.29, 1.82) is 0 Å². The standard InChI is InChI=1S/C10H10F3N3O2S/c1-6-4-3-5-8-9(6)14-7(2)16(8)19(17,18)15-10(11,12)13/h3-5,15H,1-2H3. The van der Waals surface area contributed by atoms with Gasteiger partial charge in [0.25, 0.3) is 0 Å². The SMILES string of the molecule is Cc1cccc2c1nc(C)n2S(=O)(=O)NC(F)(F)F. The molecular formula is C10H10F3N3O2S. The van der Waals surface area contributed by atoms with E-state index >= 15 is 0 Å². The molecule has 1 aromatic carbocycles. The van der Waals surface area contributed by atoms with Gasteiger partial charge in [-0.3, -0.25) is 0 Å². The molecule has 0 saturated carbocycles. The fraction of sp³-hybridized carbons (Fsp3) is 0.300. The minimum absolute atomic E-state index is 0.0407. The van der Waals surface area contributed by atoms with Crippen LogP contribution in [0.4, 0.5) is 13.2 Å². The van der Waals surface area contributed by atoms with Crippen LogP contribution in [0.25, 0.3) is 11.0 Å². The predicted molar refractivity (Wildman–Crippen MR) is 62.7 cm³/mol. The van der Waals surface area contributed by atoms with Gasteiger partial charge in [-0.15, -0.1) is 4.72 Å². The van der Waals surface area contributed by atoms with Gasteiger partial charge in [0.15, 0.2) is 0 Å². The van der Waals surface area contributed by atoms with E-state index in [2.05, 4.69) is 4.98 Å². The van der Waals surface area contributed by atoms with Crippen molar-refractivity contribution in [3.05, 3.63) is 29.6 Å². The van der Waals surface area contributed by atoms with E-state index in [4.69, 9.17) is 0 Å². The summed E-state index contributed by atoms with van der Waals surface area (Å²) in [5.41, 5.74) is 1.14. The minimum atomic E-state index is -5.04. The van der Waals surface area contributed by atoms with E-state index in [1.54, 1.807) is 19.1 Å². The number of imidazole rings is 1. The molecule has 2 rings (SSSR count). The van der Waals surface area contributed by atoms with Gasteiger partial charge in [0, 0.05) is 0 Å². The van der Waals surface area contributed by atoms with Crippen LogP contribution in [0.15, 0.2) is 18.2 Å². The first kappa shape index (κ1) is 13.8. The van der Waals surface area contributed by atoms with Crippen LogP contribution in [0, 0.1) is 13.8 Å². The molecule has 0 bridgehead atoms. The molecule has 104 valence electrons. The van der Waals surface area contributed by atoms with Gasteiger partial charge in [0.2, 0.25) is 0 Å². The lowest BCUT2D eigenvalue weighted by molar-refractivity contribution is -0.138. The summed E-state index contributed by atoms with van der Waals surface area (Å²) >= 11 is 0. The average molecular weight is 293 g/mol. The summed E-state index contributed by atoms with van der Waals surface area (Å²) in [4.78, 5) is 3.99. The fourth-order valence-corrected chi connectivity index (χ4v) is 3.01. The summed E-state index contributed by atoms with van der Waals surface area (Å²) in [5.74, 6) is -0.0407. The number of benzene rings is 1. The van der Waals surface area contributed by atoms with Crippen LogP contribution in [0.1, 0.15) is 11.4 Å². The largest absolute Gasteiger partial charge is 0.472 e. The van der Waals surface area contributed by atoms with E-state index in [9.17, 15) is 21.6 Å². The van der Waals surface area contributed by atoms with Crippen LogP contribution in [-0.4, -0.2) is 23.7 Å². The molecule has 0 unspecified atom stereocenters. The van der Waals surface area contributed by atoms with Gasteiger partial charge in [-0.2, -0.15) is 21.6 Å². The highest BCUT2D eigenvalue weighted by Gasteiger charge is 2.36. The van der Waals surface area contributed by atoms with Crippen LogP contribution in [0.3, 0.4) is 0 Å². The lowest BCUT2D eigenvalue weighted by atomic mass is 10.2. The average Bonchev–Trinajstić information content (AvgIpc) is 2.52. The molecule has 5 nitrogen and oxygen atoms in total. The molecule has 19 heavy (non-hydrogen) atoms. The zero-order valence-corrected chi connectivity index (χ0v) is 10.8. The maximum atomic E-state index is 12.2. The van der Waals surface area contributed by atoms with E-state index in [0.717, 1.165) is 0 Å². The second kappa shape index (κ2) is 4.20. The summed E-state index contributed by atoms with van der Waals surface area (Å²) in [6, 6.07) is 4.65. The predicted octanol–water partition coefficient (Wildman–Crippen LogP) is 1.86. The fourth-order valence-electron chi connectivity index (χ4n) is 1.83. The monoisotopic (exact) mass is 293 g/mol. The van der Waals surface area contributed by atoms with E-state index in [1.165, 1.54) is 13.0 Å². The van der Waals surface area contributed by atoms with Crippen molar-refractivity contribution in [2.24, 2.45) is 0 Å². The van der Waals surface area contributed by atoms with Gasteiger partial charge in [0.05, 0.1) is 11.0 Å². The number of hydrogen-bond donors (Lipinski definition) is 1. The summed E-state index contributed by atoms with van der Waals surface area (Å²) in [6.07, 6.45) is -5.04. The Morgan fingerprint density at radius 2 is 1.89 bits per heavy atom. The number of aromatic nitrogens is 2. The number of para-hydroxylation sites is 1. The molecule has 9 heteroatoms. The molecule has 1 heterocycles. The molecule has 0 radical (unpaired) electrons. The van der Waals surface area contributed by atoms with E-state index < -0.39 is 16.5 Å². The molecular weight excluding hydrogens is 283 g/mol. The summed E-state index contributed by atoms with van der Waals surface area (Å²) in [5, 5.41) is 0. The lowest BCUT2D eigenvalue weighted by Gasteiger charge is -2.12. The Labute approximate surface area is 107 Å². The van der Waals surface area contributed by atoms with Crippen molar-refractivity contribution < 1.29 is 21.6 Å². The summed E-state index contributed by atoms with van der Waals surface area (Å²) in [7, 11) is -4.77. The van der Waals surface area contributed by atoms with Gasteiger partial charge in [-0.1, -0.05) is 12.1 Å². The zero-order valence-electron chi connectivity index (χ0n) is 9.99. The number of halogens is 3. The number of alkyl halides is 3. The molecule has 0 amide bonds. The summed E-state index contributed by atoms with van der Waals surface area (Å²) < 4.78 is 61.4. The second-order valence-corrected chi connectivity index (χ2v) is 5.49. The van der Waals surface area contributed by atoms with Crippen LogP contribution < -0.4 is 4.72 Å². The first-order valence-corrected chi connectivity index (χ1v) is 6.62. The molecule has 1 aromatic heterocycles. The van der Waals surface area contributed by atoms with E-state index in [1.807, 2.05) is 0 Å². The third-order valence-corrected chi connectivity index (χ3v) is 3.92. The summed E-state index contributed by atoms with van der Waals surface area (Å²) in [6.45, 7) is 3.03. The van der Waals surface area contributed by atoms with Gasteiger partial charge < -0.3 is 0 Å². The van der Waals surface area contributed by atoms with Crippen molar-refractivity contribution >= 4 is 21.2 Å². The minimum Gasteiger partial charge on any atom is -0.232 e. The highest BCUT2D eigenvalue weighted by Crippen LogP contribution is 2.22. The Bertz CT molecular complexity index is 734. The maximum absolute atomic E-state index is 12.2. The van der Waals surface area contributed by atoms with Crippen LogP contribution in [-0.2, 0) is 10.2 Å². The Hall–Kier alpha value is -1.61. The molecule has 0 aliphatic carbocycles. The van der Waals surface area contributed by atoms with Crippen LogP contribution in [0.2, 0.25) is 0 Å². The molecule has 1 N–H and O–H groups in total. The van der Waals surface area contributed by atoms with Gasteiger partial charge >= 0.3 is 16.5 Å². The first-order chi connectivity index (χ1) is 8.62. The van der Waals surface area contributed by atoms with E-state index in [-0.39, 0.29) is 11.3 Å². The van der Waals surface area contributed by atoms with Gasteiger partial charge in [-0.05, 0) is 25.5 Å². The number of aryl methyl sites for hydroxylation is 2. The van der Waals surface area contributed by atoms with Crippen LogP contribution in [0.5, 0.6) is 0 Å². The van der Waals surface area contributed by atoms with Crippen molar-refractivity contribution in [3.63, 3.8) is 0 Å². The van der Waals surface area contributed by atoms with Crippen molar-refractivity contribution in [2.75, 3.05) is 0 Å². The highest BCUT2D eigenvalue weighted by atomic mass is 32.2. The third kappa shape index (κ3) is 2.56. The molecule has 0 aliphatic rings. The molecule has 0 aliphatic heterocycles. The van der Waals surface area contributed by atoms with E-state index in [0.29, 0.717) is 19.8 Å². The Kier molecular flexibility index (Phi) is 3.06.